The molecule has 0 heterocycles. The third-order valence-corrected chi connectivity index (χ3v) is 4.25. The molecule has 1 aliphatic rings. The van der Waals surface area contributed by atoms with Crippen molar-refractivity contribution in [2.24, 2.45) is 0 Å². The normalized spacial score (nSPS) is 15.9. The number of ether oxygens (including phenoxy) is 2. The van der Waals surface area contributed by atoms with E-state index in [0.717, 1.165) is 19.3 Å². The van der Waals surface area contributed by atoms with Crippen LogP contribution in [0.25, 0.3) is 0 Å². The van der Waals surface area contributed by atoms with Gasteiger partial charge in [0.15, 0.2) is 6.61 Å². The van der Waals surface area contributed by atoms with Gasteiger partial charge in [0, 0.05) is 5.02 Å². The third kappa shape index (κ3) is 4.39. The Morgan fingerprint density at radius 1 is 1.33 bits per heavy atom. The minimum Gasteiger partial charge on any atom is -0.496 e. The largest absolute Gasteiger partial charge is 0.496 e. The molecule has 0 aromatic heterocycles. The summed E-state index contributed by atoms with van der Waals surface area (Å²) in [5.41, 5.74) is -0.708. The lowest BCUT2D eigenvalue weighted by Gasteiger charge is -2.31. The maximum atomic E-state index is 12.1. The number of halogens is 1. The van der Waals surface area contributed by atoms with E-state index in [9.17, 15) is 14.9 Å². The number of amides is 1. The van der Waals surface area contributed by atoms with Crippen molar-refractivity contribution in [1.29, 1.82) is 5.26 Å². The van der Waals surface area contributed by atoms with Crippen LogP contribution in [0.4, 0.5) is 0 Å². The predicted molar refractivity (Wildman–Crippen MR) is 87.9 cm³/mol. The first-order valence-electron chi connectivity index (χ1n) is 7.72. The molecule has 0 atom stereocenters. The maximum Gasteiger partial charge on any atom is 0.342 e. The molecule has 0 spiro atoms. The minimum absolute atomic E-state index is 0.144. The van der Waals surface area contributed by atoms with Gasteiger partial charge in [-0.05, 0) is 31.0 Å². The molecule has 2 rings (SSSR count). The van der Waals surface area contributed by atoms with Crippen molar-refractivity contribution in [2.45, 2.75) is 37.6 Å². The lowest BCUT2D eigenvalue weighted by molar-refractivity contribution is -0.125. The average molecular weight is 351 g/mol. The molecule has 6 nitrogen and oxygen atoms in total. The summed E-state index contributed by atoms with van der Waals surface area (Å²) in [7, 11) is 1.42. The first-order valence-corrected chi connectivity index (χ1v) is 8.10. The van der Waals surface area contributed by atoms with Crippen LogP contribution in [0, 0.1) is 11.3 Å². The molecule has 24 heavy (non-hydrogen) atoms. The summed E-state index contributed by atoms with van der Waals surface area (Å²) < 4.78 is 10.1. The van der Waals surface area contributed by atoms with E-state index in [1.54, 1.807) is 12.1 Å². The van der Waals surface area contributed by atoms with Gasteiger partial charge >= 0.3 is 5.97 Å². The number of carbonyl (C=O) groups excluding carboxylic acids is 2. The zero-order valence-corrected chi connectivity index (χ0v) is 14.2. The number of rotatable bonds is 5. The van der Waals surface area contributed by atoms with Crippen LogP contribution in [0.2, 0.25) is 5.02 Å². The Labute approximate surface area is 145 Å². The van der Waals surface area contributed by atoms with Gasteiger partial charge in [0.05, 0.1) is 13.2 Å². The van der Waals surface area contributed by atoms with E-state index in [0.29, 0.717) is 23.6 Å². The fourth-order valence-corrected chi connectivity index (χ4v) is 2.94. The summed E-state index contributed by atoms with van der Waals surface area (Å²) in [6.07, 6.45) is 4.08. The molecule has 7 heteroatoms. The topological polar surface area (TPSA) is 88.4 Å². The molecule has 1 aliphatic carbocycles. The molecule has 1 amide bonds. The second-order valence-electron chi connectivity index (χ2n) is 5.72. The zero-order chi connectivity index (χ0) is 17.6. The minimum atomic E-state index is -0.852. The number of benzene rings is 1. The van der Waals surface area contributed by atoms with Crippen LogP contribution < -0.4 is 10.1 Å². The summed E-state index contributed by atoms with van der Waals surface area (Å²) in [4.78, 5) is 24.2. The Morgan fingerprint density at radius 2 is 2.04 bits per heavy atom. The zero-order valence-electron chi connectivity index (χ0n) is 13.4. The van der Waals surface area contributed by atoms with Crippen molar-refractivity contribution in [3.63, 3.8) is 0 Å². The molecule has 128 valence electrons. The van der Waals surface area contributed by atoms with Crippen molar-refractivity contribution in [1.82, 2.24) is 5.32 Å². The van der Waals surface area contributed by atoms with E-state index in [-0.39, 0.29) is 5.56 Å². The highest BCUT2D eigenvalue weighted by Gasteiger charge is 2.33. The summed E-state index contributed by atoms with van der Waals surface area (Å²) in [6, 6.07) is 6.73. The number of esters is 1. The Balaban J connectivity index is 1.95. The highest BCUT2D eigenvalue weighted by atomic mass is 35.5. The Hall–Kier alpha value is -2.26. The van der Waals surface area contributed by atoms with Crippen LogP contribution in [0.5, 0.6) is 5.75 Å². The molecule has 0 unspecified atom stereocenters. The van der Waals surface area contributed by atoms with Gasteiger partial charge in [-0.15, -0.1) is 0 Å². The van der Waals surface area contributed by atoms with Gasteiger partial charge in [-0.2, -0.15) is 5.26 Å². The van der Waals surface area contributed by atoms with Crippen LogP contribution >= 0.6 is 11.6 Å². The molecule has 0 bridgehead atoms. The smallest absolute Gasteiger partial charge is 0.342 e. The van der Waals surface area contributed by atoms with Crippen LogP contribution in [0.1, 0.15) is 42.5 Å². The lowest BCUT2D eigenvalue weighted by Crippen LogP contribution is -2.50. The Morgan fingerprint density at radius 3 is 2.67 bits per heavy atom. The molecule has 1 saturated carbocycles. The summed E-state index contributed by atoms with van der Waals surface area (Å²) in [5, 5.41) is 12.4. The number of nitrogens with zero attached hydrogens (tertiary/aromatic N) is 1. The quantitative estimate of drug-likeness (QED) is 0.825. The highest BCUT2D eigenvalue weighted by molar-refractivity contribution is 6.31. The van der Waals surface area contributed by atoms with Crippen molar-refractivity contribution < 1.29 is 19.1 Å². The van der Waals surface area contributed by atoms with E-state index < -0.39 is 24.0 Å². The fourth-order valence-electron chi connectivity index (χ4n) is 2.77. The van der Waals surface area contributed by atoms with E-state index in [2.05, 4.69) is 11.4 Å². The number of carbonyl (C=O) groups is 2. The highest BCUT2D eigenvalue weighted by Crippen LogP contribution is 2.27. The molecular weight excluding hydrogens is 332 g/mol. The number of methoxy groups -OCH3 is 1. The van der Waals surface area contributed by atoms with E-state index in [1.807, 2.05) is 0 Å². The summed E-state index contributed by atoms with van der Waals surface area (Å²) in [6.45, 7) is -0.460. The lowest BCUT2D eigenvalue weighted by atomic mass is 9.83. The number of nitriles is 1. The van der Waals surface area contributed by atoms with Crippen molar-refractivity contribution in [2.75, 3.05) is 13.7 Å². The second-order valence-corrected chi connectivity index (χ2v) is 6.16. The Bertz CT molecular complexity index is 663. The van der Waals surface area contributed by atoms with Crippen molar-refractivity contribution in [3.8, 4) is 11.8 Å². The monoisotopic (exact) mass is 350 g/mol. The summed E-state index contributed by atoms with van der Waals surface area (Å²) >= 11 is 5.87. The second kappa shape index (κ2) is 8.02. The first-order chi connectivity index (χ1) is 11.5. The van der Waals surface area contributed by atoms with Crippen LogP contribution in [0.15, 0.2) is 18.2 Å². The van der Waals surface area contributed by atoms with Gasteiger partial charge in [-0.25, -0.2) is 4.79 Å². The van der Waals surface area contributed by atoms with Gasteiger partial charge in [-0.3, -0.25) is 4.79 Å². The van der Waals surface area contributed by atoms with Gasteiger partial charge in [-0.1, -0.05) is 30.9 Å². The molecule has 1 aromatic carbocycles. The molecule has 1 aromatic rings. The molecule has 1 fully saturated rings. The molecular formula is C17H19ClN2O4. The first kappa shape index (κ1) is 18.1. The van der Waals surface area contributed by atoms with Gasteiger partial charge in [0.25, 0.3) is 5.91 Å². The van der Waals surface area contributed by atoms with E-state index >= 15 is 0 Å². The molecule has 0 radical (unpaired) electrons. The number of hydrogen-bond acceptors (Lipinski definition) is 5. The number of hydrogen-bond donors (Lipinski definition) is 1. The summed E-state index contributed by atoms with van der Waals surface area (Å²) in [5.74, 6) is -0.891. The van der Waals surface area contributed by atoms with Gasteiger partial charge in [0.1, 0.15) is 16.9 Å². The van der Waals surface area contributed by atoms with Crippen molar-refractivity contribution >= 4 is 23.5 Å². The standard InChI is InChI=1S/C17H19ClN2O4/c1-23-14-6-5-12(18)9-13(14)16(22)24-10-15(21)20-17(11-19)7-3-2-4-8-17/h5-6,9H,2-4,7-8,10H2,1H3,(H,20,21). The molecule has 0 aliphatic heterocycles. The maximum absolute atomic E-state index is 12.1. The average Bonchev–Trinajstić information content (AvgIpc) is 2.60. The van der Waals surface area contributed by atoms with E-state index in [1.165, 1.54) is 13.2 Å². The number of nitrogens with one attached hydrogen (secondary N) is 1. The van der Waals surface area contributed by atoms with Crippen LogP contribution in [-0.2, 0) is 9.53 Å². The van der Waals surface area contributed by atoms with E-state index in [4.69, 9.17) is 21.1 Å². The Kier molecular flexibility index (Phi) is 6.04. The van der Waals surface area contributed by atoms with Crippen LogP contribution in [0.3, 0.4) is 0 Å². The van der Waals surface area contributed by atoms with Crippen molar-refractivity contribution in [3.05, 3.63) is 28.8 Å². The third-order valence-electron chi connectivity index (χ3n) is 4.02. The van der Waals surface area contributed by atoms with Gasteiger partial charge < -0.3 is 14.8 Å². The van der Waals surface area contributed by atoms with Crippen LogP contribution in [-0.4, -0.2) is 31.1 Å². The van der Waals surface area contributed by atoms with Gasteiger partial charge in [0.2, 0.25) is 0 Å². The fraction of sp³-hybridized carbons (Fsp3) is 0.471. The predicted octanol–water partition coefficient (Wildman–Crippen LogP) is 2.85. The molecule has 0 saturated heterocycles. The SMILES string of the molecule is COc1ccc(Cl)cc1C(=O)OCC(=O)NC1(C#N)CCCCC1. The molecule has 1 N–H and O–H groups in total.